The summed E-state index contributed by atoms with van der Waals surface area (Å²) in [4.78, 5) is 22.0. The Hall–Kier alpha value is -2.90. The van der Waals surface area contributed by atoms with Gasteiger partial charge < -0.3 is 25.0 Å². The van der Waals surface area contributed by atoms with Gasteiger partial charge in [0.2, 0.25) is 0 Å². The van der Waals surface area contributed by atoms with Gasteiger partial charge in [-0.1, -0.05) is 30.3 Å². The topological polar surface area (TPSA) is 105 Å². The Labute approximate surface area is 163 Å². The van der Waals surface area contributed by atoms with Gasteiger partial charge in [-0.3, -0.25) is 0 Å². The maximum absolute atomic E-state index is 11.3. The number of aliphatic hydroxyl groups is 1. The van der Waals surface area contributed by atoms with Crippen molar-refractivity contribution in [3.63, 3.8) is 0 Å². The second-order valence-electron chi connectivity index (χ2n) is 7.04. The van der Waals surface area contributed by atoms with Crippen LogP contribution in [0.15, 0.2) is 48.5 Å². The van der Waals surface area contributed by atoms with Crippen molar-refractivity contribution in [2.24, 2.45) is 0 Å². The van der Waals surface area contributed by atoms with Crippen molar-refractivity contribution in [3.05, 3.63) is 59.7 Å². The van der Waals surface area contributed by atoms with Crippen LogP contribution in [0.4, 0.5) is 0 Å². The van der Waals surface area contributed by atoms with E-state index in [1.807, 2.05) is 38.1 Å². The first-order valence-corrected chi connectivity index (χ1v) is 8.82. The van der Waals surface area contributed by atoms with E-state index in [1.165, 1.54) is 6.07 Å². The third kappa shape index (κ3) is 6.07. The number of carboxylic acids is 1. The van der Waals surface area contributed by atoms with Gasteiger partial charge in [-0.2, -0.15) is 0 Å². The molecular formula is C21H25NO6. The van der Waals surface area contributed by atoms with Crippen molar-refractivity contribution >= 4 is 11.9 Å². The van der Waals surface area contributed by atoms with E-state index in [0.29, 0.717) is 5.56 Å². The molecule has 1 unspecified atom stereocenters. The number of carbonyl (C=O) groups excluding carboxylic acids is 1. The van der Waals surface area contributed by atoms with Crippen molar-refractivity contribution in [1.29, 1.82) is 0 Å². The number of hydrogen-bond acceptors (Lipinski definition) is 6. The highest BCUT2D eigenvalue weighted by Gasteiger charge is 2.23. The Kier molecular flexibility index (Phi) is 7.14. The Morgan fingerprint density at radius 3 is 2.36 bits per heavy atom. The number of carboxylic acid groups (broad SMARTS) is 1. The molecule has 2 rings (SSSR count). The Morgan fingerprint density at radius 1 is 1.11 bits per heavy atom. The monoisotopic (exact) mass is 387 g/mol. The fourth-order valence-corrected chi connectivity index (χ4v) is 2.79. The minimum atomic E-state index is -1.69. The minimum absolute atomic E-state index is 0.0251. The summed E-state index contributed by atoms with van der Waals surface area (Å²) in [5.74, 6) is -2.27. The van der Waals surface area contributed by atoms with Gasteiger partial charge in [-0.15, -0.1) is 0 Å². The number of hydrogen-bond donors (Lipinski definition) is 3. The van der Waals surface area contributed by atoms with Gasteiger partial charge in [0.25, 0.3) is 0 Å². The van der Waals surface area contributed by atoms with Crippen LogP contribution in [0, 0.1) is 0 Å². The largest absolute Gasteiger partial charge is 0.497 e. The smallest absolute Gasteiger partial charge is 0.422 e. The normalized spacial score (nSPS) is 12.3. The van der Waals surface area contributed by atoms with Gasteiger partial charge in [-0.25, -0.2) is 9.59 Å². The fraction of sp³-hybridized carbons (Fsp3) is 0.333. The zero-order valence-electron chi connectivity index (χ0n) is 16.1. The third-order valence-corrected chi connectivity index (χ3v) is 4.23. The van der Waals surface area contributed by atoms with Crippen LogP contribution in [-0.4, -0.2) is 41.3 Å². The quantitative estimate of drug-likeness (QED) is 0.363. The van der Waals surface area contributed by atoms with E-state index in [2.05, 4.69) is 5.32 Å². The molecule has 0 saturated carbocycles. The lowest BCUT2D eigenvalue weighted by molar-refractivity contribution is -0.158. The molecule has 28 heavy (non-hydrogen) atoms. The highest BCUT2D eigenvalue weighted by molar-refractivity contribution is 6.29. The second kappa shape index (κ2) is 9.34. The average molecular weight is 387 g/mol. The van der Waals surface area contributed by atoms with Crippen molar-refractivity contribution in [1.82, 2.24) is 5.32 Å². The number of aliphatic hydroxyl groups excluding tert-OH is 1. The minimum Gasteiger partial charge on any atom is -0.497 e. The van der Waals surface area contributed by atoms with E-state index < -0.39 is 18.0 Å². The number of para-hydroxylation sites is 1. The predicted molar refractivity (Wildman–Crippen MR) is 103 cm³/mol. The number of nitrogens with one attached hydrogen (secondary N) is 1. The molecule has 2 aromatic rings. The lowest BCUT2D eigenvalue weighted by atomic mass is 9.94. The van der Waals surface area contributed by atoms with Gasteiger partial charge in [0.1, 0.15) is 11.5 Å². The summed E-state index contributed by atoms with van der Waals surface area (Å²) in [5, 5.41) is 22.5. The molecule has 0 saturated heterocycles. The fourth-order valence-electron chi connectivity index (χ4n) is 2.79. The first-order valence-electron chi connectivity index (χ1n) is 8.82. The molecule has 0 amide bonds. The first kappa shape index (κ1) is 21.4. The number of rotatable bonds is 8. The molecule has 0 radical (unpaired) electrons. The molecule has 0 aromatic heterocycles. The summed E-state index contributed by atoms with van der Waals surface area (Å²) in [6.45, 7) is 4.23. The molecule has 0 aliphatic heterocycles. The highest BCUT2D eigenvalue weighted by atomic mass is 16.6. The average Bonchev–Trinajstić information content (AvgIpc) is 2.67. The molecule has 2 aromatic carbocycles. The summed E-state index contributed by atoms with van der Waals surface area (Å²) in [5.41, 5.74) is 1.14. The van der Waals surface area contributed by atoms with E-state index >= 15 is 0 Å². The van der Waals surface area contributed by atoms with E-state index in [9.17, 15) is 14.7 Å². The van der Waals surface area contributed by atoms with Gasteiger partial charge in [-0.05, 0) is 44.0 Å². The zero-order chi connectivity index (χ0) is 20.7. The van der Waals surface area contributed by atoms with Gasteiger partial charge in [0.05, 0.1) is 13.2 Å². The highest BCUT2D eigenvalue weighted by Crippen LogP contribution is 2.26. The van der Waals surface area contributed by atoms with E-state index in [-0.39, 0.29) is 17.8 Å². The molecule has 0 bridgehead atoms. The van der Waals surface area contributed by atoms with Gasteiger partial charge in [0.15, 0.2) is 0 Å². The SMILES string of the molecule is COc1ccc(CC(C)(C)NCC(O)c2ccccc2OC(=O)C(=O)O)cc1. The number of methoxy groups -OCH3 is 1. The first-order chi connectivity index (χ1) is 13.2. The molecule has 0 aliphatic carbocycles. The second-order valence-corrected chi connectivity index (χ2v) is 7.04. The predicted octanol–water partition coefficient (Wildman–Crippen LogP) is 2.33. The number of esters is 1. The molecule has 0 spiro atoms. The van der Waals surface area contributed by atoms with Crippen molar-refractivity contribution < 1.29 is 29.3 Å². The summed E-state index contributed by atoms with van der Waals surface area (Å²) >= 11 is 0. The third-order valence-electron chi connectivity index (χ3n) is 4.23. The molecular weight excluding hydrogens is 362 g/mol. The molecule has 0 heterocycles. The van der Waals surface area contributed by atoms with Crippen LogP contribution in [-0.2, 0) is 16.0 Å². The van der Waals surface area contributed by atoms with Crippen LogP contribution in [0.25, 0.3) is 0 Å². The lowest BCUT2D eigenvalue weighted by Gasteiger charge is -2.28. The van der Waals surface area contributed by atoms with E-state index in [0.717, 1.165) is 17.7 Å². The molecule has 7 nitrogen and oxygen atoms in total. The van der Waals surface area contributed by atoms with E-state index in [4.69, 9.17) is 14.6 Å². The Bertz CT molecular complexity index is 816. The summed E-state index contributed by atoms with van der Waals surface area (Å²) in [7, 11) is 1.62. The van der Waals surface area contributed by atoms with Crippen LogP contribution in [0.5, 0.6) is 11.5 Å². The summed E-state index contributed by atoms with van der Waals surface area (Å²) in [6.07, 6.45) is -0.257. The molecule has 150 valence electrons. The molecule has 1 atom stereocenters. The number of β-amino-alcohol motifs (C(OH)–C–C–N with tert-alkyl or cyclic N) is 1. The Balaban J connectivity index is 2.01. The lowest BCUT2D eigenvalue weighted by Crippen LogP contribution is -2.43. The van der Waals surface area contributed by atoms with Crippen LogP contribution >= 0.6 is 0 Å². The van der Waals surface area contributed by atoms with Crippen LogP contribution in [0.3, 0.4) is 0 Å². The molecule has 3 N–H and O–H groups in total. The van der Waals surface area contributed by atoms with Gasteiger partial charge in [0, 0.05) is 17.6 Å². The number of benzene rings is 2. The van der Waals surface area contributed by atoms with E-state index in [1.54, 1.807) is 25.3 Å². The number of aliphatic carboxylic acids is 1. The summed E-state index contributed by atoms with van der Waals surface area (Å²) in [6, 6.07) is 14.1. The van der Waals surface area contributed by atoms with Crippen molar-refractivity contribution in [3.8, 4) is 11.5 Å². The Morgan fingerprint density at radius 2 is 1.75 bits per heavy atom. The maximum Gasteiger partial charge on any atom is 0.422 e. The number of carbonyl (C=O) groups is 2. The van der Waals surface area contributed by atoms with Crippen LogP contribution < -0.4 is 14.8 Å². The molecule has 0 aliphatic rings. The van der Waals surface area contributed by atoms with Crippen molar-refractivity contribution in [2.45, 2.75) is 31.9 Å². The summed E-state index contributed by atoms with van der Waals surface area (Å²) < 4.78 is 10.00. The number of ether oxygens (including phenoxy) is 2. The molecule has 7 heteroatoms. The van der Waals surface area contributed by atoms with Crippen LogP contribution in [0.1, 0.15) is 31.1 Å². The maximum atomic E-state index is 11.3. The zero-order valence-corrected chi connectivity index (χ0v) is 16.1. The van der Waals surface area contributed by atoms with Crippen molar-refractivity contribution in [2.75, 3.05) is 13.7 Å². The standard InChI is InChI=1S/C21H25NO6/c1-21(2,12-14-8-10-15(27-3)11-9-14)22-13-17(23)16-6-4-5-7-18(16)28-20(26)19(24)25/h4-11,17,22-23H,12-13H2,1-3H3,(H,24,25). The molecule has 0 fully saturated rings. The van der Waals surface area contributed by atoms with Gasteiger partial charge >= 0.3 is 11.9 Å². The van der Waals surface area contributed by atoms with Crippen LogP contribution in [0.2, 0.25) is 0 Å².